The van der Waals surface area contributed by atoms with Crippen molar-refractivity contribution in [3.8, 4) is 0 Å². The molecule has 0 N–H and O–H groups in total. The van der Waals surface area contributed by atoms with Gasteiger partial charge in [0.05, 0.1) is 5.56 Å². The number of rotatable bonds is 4. The number of ether oxygens (including phenoxy) is 2. The van der Waals surface area contributed by atoms with E-state index < -0.39 is 29.3 Å². The summed E-state index contributed by atoms with van der Waals surface area (Å²) in [6, 6.07) is -0.862. The fourth-order valence-corrected chi connectivity index (χ4v) is 3.75. The molecule has 1 saturated heterocycles. The Labute approximate surface area is 171 Å². The molecule has 0 aliphatic carbocycles. The number of aromatic nitrogens is 1. The summed E-state index contributed by atoms with van der Waals surface area (Å²) in [4.78, 5) is 41.9. The summed E-state index contributed by atoms with van der Waals surface area (Å²) in [5, 5.41) is 0. The summed E-state index contributed by atoms with van der Waals surface area (Å²) < 4.78 is 17.1. The summed E-state index contributed by atoms with van der Waals surface area (Å²) in [6.45, 7) is 12.8. The molecule has 0 unspecified atom stereocenters. The van der Waals surface area contributed by atoms with Gasteiger partial charge in [0, 0.05) is 26.0 Å². The molecule has 29 heavy (non-hydrogen) atoms. The van der Waals surface area contributed by atoms with Crippen molar-refractivity contribution in [1.82, 2.24) is 14.5 Å². The Morgan fingerprint density at radius 3 is 2.21 bits per heavy atom. The molecule has 2 atom stereocenters. The number of aryl methyl sites for hydroxylation is 1. The Hall–Kier alpha value is -2.29. The van der Waals surface area contributed by atoms with E-state index in [9.17, 15) is 14.4 Å². The van der Waals surface area contributed by atoms with Crippen LogP contribution in [0.1, 0.15) is 52.9 Å². The summed E-state index contributed by atoms with van der Waals surface area (Å²) >= 11 is 0. The third-order valence-corrected chi connectivity index (χ3v) is 4.78. The van der Waals surface area contributed by atoms with E-state index in [1.54, 1.807) is 39.6 Å². The van der Waals surface area contributed by atoms with Gasteiger partial charge in [-0.25, -0.2) is 4.79 Å². The standard InChI is InChI=1S/C20H33N3O6/c1-12-13(15(24)22(29-12)11-27-9)10-14-16(25)21(8)17(19(2,3)4)23(14)18(26)28-20(5,6)7/h14,17H,10-11H2,1-9H3/t14-,17-/m1/s1. The van der Waals surface area contributed by atoms with Crippen LogP contribution in [0, 0.1) is 12.3 Å². The van der Waals surface area contributed by atoms with Gasteiger partial charge < -0.3 is 18.9 Å². The van der Waals surface area contributed by atoms with Gasteiger partial charge in [0.1, 0.15) is 23.6 Å². The second-order valence-electron chi connectivity index (χ2n) is 9.52. The molecule has 2 amide bonds. The number of hydrogen-bond donors (Lipinski definition) is 0. The molecule has 9 heteroatoms. The lowest BCUT2D eigenvalue weighted by molar-refractivity contribution is -0.129. The highest BCUT2D eigenvalue weighted by molar-refractivity contribution is 5.89. The van der Waals surface area contributed by atoms with Gasteiger partial charge in [-0.3, -0.25) is 14.5 Å². The van der Waals surface area contributed by atoms with E-state index in [1.807, 2.05) is 20.8 Å². The van der Waals surface area contributed by atoms with Crippen LogP contribution in [0.2, 0.25) is 0 Å². The van der Waals surface area contributed by atoms with Gasteiger partial charge in [-0.1, -0.05) is 20.8 Å². The second-order valence-corrected chi connectivity index (χ2v) is 9.52. The van der Waals surface area contributed by atoms with Crippen LogP contribution in [0.5, 0.6) is 0 Å². The largest absolute Gasteiger partial charge is 0.444 e. The van der Waals surface area contributed by atoms with Crippen molar-refractivity contribution >= 4 is 12.0 Å². The minimum absolute atomic E-state index is 0.0292. The predicted octanol–water partition coefficient (Wildman–Crippen LogP) is 2.35. The molecule has 1 aromatic heterocycles. The molecule has 1 fully saturated rings. The zero-order valence-corrected chi connectivity index (χ0v) is 18.9. The van der Waals surface area contributed by atoms with Gasteiger partial charge in [0.25, 0.3) is 5.56 Å². The zero-order valence-electron chi connectivity index (χ0n) is 18.9. The molecule has 0 saturated carbocycles. The van der Waals surface area contributed by atoms with Crippen LogP contribution < -0.4 is 5.56 Å². The molecule has 9 nitrogen and oxygen atoms in total. The second kappa shape index (κ2) is 7.85. The summed E-state index contributed by atoms with van der Waals surface area (Å²) in [5.74, 6) is 0.153. The summed E-state index contributed by atoms with van der Waals surface area (Å²) in [7, 11) is 3.12. The minimum atomic E-state index is -0.862. The van der Waals surface area contributed by atoms with Crippen LogP contribution in [0.4, 0.5) is 4.79 Å². The van der Waals surface area contributed by atoms with Crippen molar-refractivity contribution < 1.29 is 23.6 Å². The van der Waals surface area contributed by atoms with Crippen molar-refractivity contribution in [2.45, 2.75) is 79.4 Å². The molecule has 1 aliphatic rings. The molecule has 0 aromatic carbocycles. The lowest BCUT2D eigenvalue weighted by Crippen LogP contribution is -2.52. The minimum Gasteiger partial charge on any atom is -0.444 e. The van der Waals surface area contributed by atoms with E-state index in [1.165, 1.54) is 12.0 Å². The van der Waals surface area contributed by atoms with Crippen molar-refractivity contribution in [1.29, 1.82) is 0 Å². The average molecular weight is 411 g/mol. The van der Waals surface area contributed by atoms with E-state index in [0.29, 0.717) is 11.3 Å². The summed E-state index contributed by atoms with van der Waals surface area (Å²) in [6.07, 6.45) is -1.05. The number of nitrogens with zero attached hydrogens (tertiary/aromatic N) is 3. The molecule has 1 aliphatic heterocycles. The number of carbonyl (C=O) groups is 2. The number of methoxy groups -OCH3 is 1. The highest BCUT2D eigenvalue weighted by Crippen LogP contribution is 2.36. The van der Waals surface area contributed by atoms with Gasteiger partial charge in [0.2, 0.25) is 5.91 Å². The first-order valence-electron chi connectivity index (χ1n) is 9.65. The Bertz CT molecular complexity index is 827. The van der Waals surface area contributed by atoms with Gasteiger partial charge >= 0.3 is 6.09 Å². The van der Waals surface area contributed by atoms with Gasteiger partial charge in [0.15, 0.2) is 6.73 Å². The quantitative estimate of drug-likeness (QED) is 0.755. The number of amides is 2. The molecule has 0 radical (unpaired) electrons. The SMILES string of the molecule is COCn1oc(C)c(C[C@@H]2C(=O)N(C)[C@@H](C(C)(C)C)N2C(=O)OC(C)(C)C)c1=O. The van der Waals surface area contributed by atoms with Crippen molar-refractivity contribution in [2.24, 2.45) is 5.41 Å². The average Bonchev–Trinajstić information content (AvgIpc) is 2.96. The monoisotopic (exact) mass is 411 g/mol. The maximum Gasteiger partial charge on any atom is 0.412 e. The molecule has 1 aromatic rings. The first kappa shape index (κ1) is 23.0. The first-order valence-corrected chi connectivity index (χ1v) is 9.65. The van der Waals surface area contributed by atoms with Crippen molar-refractivity contribution in [3.05, 3.63) is 21.7 Å². The maximum absolute atomic E-state index is 13.1. The lowest BCUT2D eigenvalue weighted by atomic mass is 9.91. The first-order chi connectivity index (χ1) is 13.2. The van der Waals surface area contributed by atoms with Crippen LogP contribution in [0.3, 0.4) is 0 Å². The third-order valence-electron chi connectivity index (χ3n) is 4.78. The van der Waals surface area contributed by atoms with Crippen molar-refractivity contribution in [3.63, 3.8) is 0 Å². The Balaban J connectivity index is 2.48. The van der Waals surface area contributed by atoms with E-state index in [0.717, 1.165) is 4.74 Å². The Kier molecular flexibility index (Phi) is 6.23. The number of carbonyl (C=O) groups excluding carboxylic acids is 2. The van der Waals surface area contributed by atoms with Crippen LogP contribution in [-0.4, -0.2) is 58.5 Å². The topological polar surface area (TPSA) is 94.2 Å². The normalized spacial score (nSPS) is 20.5. The fraction of sp³-hybridized carbons (Fsp3) is 0.750. The Morgan fingerprint density at radius 1 is 1.14 bits per heavy atom. The van der Waals surface area contributed by atoms with Crippen molar-refractivity contribution in [2.75, 3.05) is 14.2 Å². The predicted molar refractivity (Wildman–Crippen MR) is 106 cm³/mol. The molecule has 2 rings (SSSR count). The maximum atomic E-state index is 13.1. The van der Waals surface area contributed by atoms with E-state index in [-0.39, 0.29) is 24.6 Å². The zero-order chi connectivity index (χ0) is 22.3. The van der Waals surface area contributed by atoms with Crippen LogP contribution in [-0.2, 0) is 27.4 Å². The van der Waals surface area contributed by atoms with Crippen LogP contribution in [0.15, 0.2) is 9.32 Å². The van der Waals surface area contributed by atoms with Gasteiger partial charge in [-0.2, -0.15) is 0 Å². The van der Waals surface area contributed by atoms with Crippen LogP contribution in [0.25, 0.3) is 0 Å². The highest BCUT2D eigenvalue weighted by atomic mass is 16.6. The summed E-state index contributed by atoms with van der Waals surface area (Å²) in [5.41, 5.74) is -1.16. The Morgan fingerprint density at radius 2 is 1.72 bits per heavy atom. The molecule has 164 valence electrons. The molecule has 0 spiro atoms. The number of likely N-dealkylation sites (N-methyl/N-ethyl adjacent to an activating group) is 1. The fourth-order valence-electron chi connectivity index (χ4n) is 3.75. The van der Waals surface area contributed by atoms with Gasteiger partial charge in [-0.15, -0.1) is 4.74 Å². The van der Waals surface area contributed by atoms with E-state index >= 15 is 0 Å². The molecule has 0 bridgehead atoms. The van der Waals surface area contributed by atoms with Gasteiger partial charge in [-0.05, 0) is 27.7 Å². The van der Waals surface area contributed by atoms with Crippen LogP contribution >= 0.6 is 0 Å². The molecular weight excluding hydrogens is 378 g/mol. The smallest absolute Gasteiger partial charge is 0.412 e. The van der Waals surface area contributed by atoms with E-state index in [2.05, 4.69) is 0 Å². The third kappa shape index (κ3) is 4.66. The van der Waals surface area contributed by atoms with E-state index in [4.69, 9.17) is 14.0 Å². The highest BCUT2D eigenvalue weighted by Gasteiger charge is 2.52. The molecule has 2 heterocycles. The lowest BCUT2D eigenvalue weighted by Gasteiger charge is -2.39. The molecular formula is C20H33N3O6. The number of hydrogen-bond acceptors (Lipinski definition) is 6.